The van der Waals surface area contributed by atoms with Crippen molar-refractivity contribution in [2.45, 2.75) is 39.7 Å². The molecule has 1 unspecified atom stereocenters. The third-order valence-corrected chi connectivity index (χ3v) is 4.43. The molecule has 0 amide bonds. The van der Waals surface area contributed by atoms with Gasteiger partial charge in [0.1, 0.15) is 11.4 Å². The molecule has 0 fully saturated rings. The molecule has 1 heterocycles. The average Bonchev–Trinajstić information content (AvgIpc) is 3.13. The number of hydrogen-bond donors (Lipinski definition) is 3. The van der Waals surface area contributed by atoms with Crippen LogP contribution in [0.15, 0.2) is 41.7 Å². The maximum absolute atomic E-state index is 10.7. The average molecular weight is 529 g/mol. The van der Waals surface area contributed by atoms with Crippen molar-refractivity contribution >= 4 is 29.9 Å². The molecule has 168 valence electrons. The van der Waals surface area contributed by atoms with E-state index in [9.17, 15) is 5.11 Å². The predicted octanol–water partition coefficient (Wildman–Crippen LogP) is 3.08. The van der Waals surface area contributed by atoms with Crippen LogP contribution in [0, 0.1) is 5.92 Å². The van der Waals surface area contributed by atoms with Crippen LogP contribution in [0.2, 0.25) is 0 Å². The van der Waals surface area contributed by atoms with Crippen LogP contribution in [-0.2, 0) is 19.1 Å². The third kappa shape index (κ3) is 8.91. The molecule has 1 aromatic heterocycles. The Hall–Kier alpha value is -1.81. The summed E-state index contributed by atoms with van der Waals surface area (Å²) in [6.07, 6.45) is 4.35. The highest BCUT2D eigenvalue weighted by molar-refractivity contribution is 14.0. The van der Waals surface area contributed by atoms with Gasteiger partial charge in [-0.3, -0.25) is 4.68 Å². The second-order valence-electron chi connectivity index (χ2n) is 7.90. The van der Waals surface area contributed by atoms with E-state index in [0.717, 1.165) is 37.4 Å². The Morgan fingerprint density at radius 2 is 1.97 bits per heavy atom. The SMILES string of the molecule is CCNC(=NCC(C)(O)c1cnn(C)c1)NCCc1ccc(OCC(C)C)cc1.I. The number of guanidine groups is 1. The van der Waals surface area contributed by atoms with Crippen LogP contribution in [0.1, 0.15) is 38.8 Å². The Labute approximate surface area is 197 Å². The van der Waals surface area contributed by atoms with Crippen molar-refractivity contribution in [1.82, 2.24) is 20.4 Å². The Bertz CT molecular complexity index is 772. The van der Waals surface area contributed by atoms with Gasteiger partial charge in [0.15, 0.2) is 5.96 Å². The molecular formula is C22H36IN5O2. The first-order valence-electron chi connectivity index (χ1n) is 10.3. The summed E-state index contributed by atoms with van der Waals surface area (Å²) in [7, 11) is 1.83. The topological polar surface area (TPSA) is 83.7 Å². The fraction of sp³-hybridized carbons (Fsp3) is 0.545. The second-order valence-corrected chi connectivity index (χ2v) is 7.90. The van der Waals surface area contributed by atoms with E-state index in [4.69, 9.17) is 4.74 Å². The van der Waals surface area contributed by atoms with Gasteiger partial charge in [0.05, 0.1) is 19.3 Å². The van der Waals surface area contributed by atoms with Crippen LogP contribution in [0.5, 0.6) is 5.75 Å². The summed E-state index contributed by atoms with van der Waals surface area (Å²) in [5, 5.41) is 21.4. The van der Waals surface area contributed by atoms with Gasteiger partial charge in [-0.2, -0.15) is 5.10 Å². The Morgan fingerprint density at radius 1 is 1.27 bits per heavy atom. The molecule has 0 saturated heterocycles. The first-order chi connectivity index (χ1) is 13.8. The molecule has 2 aromatic rings. The Balaban J connectivity index is 0.00000450. The third-order valence-electron chi connectivity index (χ3n) is 4.43. The van der Waals surface area contributed by atoms with E-state index in [1.807, 2.05) is 32.3 Å². The minimum atomic E-state index is -1.07. The molecule has 0 saturated carbocycles. The van der Waals surface area contributed by atoms with Crippen molar-refractivity contribution in [1.29, 1.82) is 0 Å². The van der Waals surface area contributed by atoms with Crippen LogP contribution >= 0.6 is 24.0 Å². The number of nitrogens with zero attached hydrogens (tertiary/aromatic N) is 3. The first-order valence-corrected chi connectivity index (χ1v) is 10.3. The summed E-state index contributed by atoms with van der Waals surface area (Å²) in [6, 6.07) is 8.22. The minimum absolute atomic E-state index is 0. The molecular weight excluding hydrogens is 493 g/mol. The molecule has 0 radical (unpaired) electrons. The number of ether oxygens (including phenoxy) is 1. The van der Waals surface area contributed by atoms with E-state index >= 15 is 0 Å². The molecule has 0 spiro atoms. The standard InChI is InChI=1S/C22H35N5O2.HI/c1-6-23-21(25-16-22(4,28)19-13-26-27(5)14-19)24-12-11-18-7-9-20(10-8-18)29-15-17(2)3;/h7-10,13-14,17,28H,6,11-12,15-16H2,1-5H3,(H2,23,24,25);1H. The lowest BCUT2D eigenvalue weighted by atomic mass is 10.0. The Kier molecular flexibility index (Phi) is 11.2. The van der Waals surface area contributed by atoms with E-state index in [1.165, 1.54) is 5.56 Å². The molecule has 0 aliphatic heterocycles. The maximum atomic E-state index is 10.7. The van der Waals surface area contributed by atoms with Gasteiger partial charge < -0.3 is 20.5 Å². The van der Waals surface area contributed by atoms with Crippen molar-refractivity contribution in [3.63, 3.8) is 0 Å². The highest BCUT2D eigenvalue weighted by Gasteiger charge is 2.24. The Morgan fingerprint density at radius 3 is 2.53 bits per heavy atom. The second kappa shape index (κ2) is 12.8. The van der Waals surface area contributed by atoms with E-state index in [2.05, 4.69) is 46.7 Å². The molecule has 2 rings (SSSR count). The van der Waals surface area contributed by atoms with Crippen molar-refractivity contribution in [2.75, 3.05) is 26.2 Å². The summed E-state index contributed by atoms with van der Waals surface area (Å²) >= 11 is 0. The lowest BCUT2D eigenvalue weighted by molar-refractivity contribution is 0.0672. The number of hydrogen-bond acceptors (Lipinski definition) is 4. The van der Waals surface area contributed by atoms with Gasteiger partial charge in [0, 0.05) is 31.9 Å². The van der Waals surface area contributed by atoms with Gasteiger partial charge in [0.2, 0.25) is 0 Å². The summed E-state index contributed by atoms with van der Waals surface area (Å²) in [5.41, 5.74) is 0.912. The number of nitrogens with one attached hydrogen (secondary N) is 2. The predicted molar refractivity (Wildman–Crippen MR) is 133 cm³/mol. The van der Waals surface area contributed by atoms with Gasteiger partial charge in [-0.15, -0.1) is 24.0 Å². The lowest BCUT2D eigenvalue weighted by Crippen LogP contribution is -2.39. The minimum Gasteiger partial charge on any atom is -0.493 e. The smallest absolute Gasteiger partial charge is 0.191 e. The number of aliphatic imine (C=N–C) groups is 1. The molecule has 1 aromatic carbocycles. The van der Waals surface area contributed by atoms with Gasteiger partial charge in [-0.05, 0) is 43.9 Å². The number of aromatic nitrogens is 2. The summed E-state index contributed by atoms with van der Waals surface area (Å²) in [6.45, 7) is 10.5. The summed E-state index contributed by atoms with van der Waals surface area (Å²) < 4.78 is 7.40. The van der Waals surface area contributed by atoms with E-state index in [-0.39, 0.29) is 30.5 Å². The zero-order chi connectivity index (χ0) is 21.3. The zero-order valence-corrected chi connectivity index (χ0v) is 21.0. The number of aliphatic hydroxyl groups is 1. The fourth-order valence-electron chi connectivity index (χ4n) is 2.71. The largest absolute Gasteiger partial charge is 0.493 e. The first kappa shape index (κ1) is 26.2. The normalized spacial score (nSPS) is 13.5. The zero-order valence-electron chi connectivity index (χ0n) is 18.7. The van der Waals surface area contributed by atoms with Crippen LogP contribution in [0.25, 0.3) is 0 Å². The van der Waals surface area contributed by atoms with E-state index in [0.29, 0.717) is 11.9 Å². The fourth-order valence-corrected chi connectivity index (χ4v) is 2.71. The highest BCUT2D eigenvalue weighted by atomic mass is 127. The van der Waals surface area contributed by atoms with Gasteiger partial charge >= 0.3 is 0 Å². The van der Waals surface area contributed by atoms with Crippen molar-refractivity contribution in [3.8, 4) is 5.75 Å². The van der Waals surface area contributed by atoms with Crippen LogP contribution < -0.4 is 15.4 Å². The lowest BCUT2D eigenvalue weighted by Gasteiger charge is -2.20. The molecule has 3 N–H and O–H groups in total. The summed E-state index contributed by atoms with van der Waals surface area (Å²) in [4.78, 5) is 4.54. The van der Waals surface area contributed by atoms with Gasteiger partial charge in [0.25, 0.3) is 0 Å². The van der Waals surface area contributed by atoms with E-state index < -0.39 is 5.60 Å². The monoisotopic (exact) mass is 529 g/mol. The molecule has 0 bridgehead atoms. The van der Waals surface area contributed by atoms with Crippen molar-refractivity contribution < 1.29 is 9.84 Å². The molecule has 30 heavy (non-hydrogen) atoms. The summed E-state index contributed by atoms with van der Waals surface area (Å²) in [5.74, 6) is 2.11. The maximum Gasteiger partial charge on any atom is 0.191 e. The molecule has 0 aliphatic rings. The van der Waals surface area contributed by atoms with Crippen molar-refractivity contribution in [3.05, 3.63) is 47.8 Å². The number of rotatable bonds is 10. The van der Waals surface area contributed by atoms with Crippen LogP contribution in [0.4, 0.5) is 0 Å². The molecule has 8 heteroatoms. The molecule has 1 atom stereocenters. The number of halogens is 1. The van der Waals surface area contributed by atoms with E-state index in [1.54, 1.807) is 17.8 Å². The quantitative estimate of drug-likeness (QED) is 0.250. The van der Waals surface area contributed by atoms with Crippen LogP contribution in [-0.4, -0.2) is 47.1 Å². The highest BCUT2D eigenvalue weighted by Crippen LogP contribution is 2.19. The molecule has 0 aliphatic carbocycles. The number of benzene rings is 1. The van der Waals surface area contributed by atoms with Gasteiger partial charge in [-0.1, -0.05) is 26.0 Å². The number of aryl methyl sites for hydroxylation is 1. The van der Waals surface area contributed by atoms with Crippen LogP contribution in [0.3, 0.4) is 0 Å². The molecule has 7 nitrogen and oxygen atoms in total. The van der Waals surface area contributed by atoms with Crippen molar-refractivity contribution in [2.24, 2.45) is 18.0 Å². The van der Waals surface area contributed by atoms with Gasteiger partial charge in [-0.25, -0.2) is 4.99 Å².